The molecule has 4 rings (SSSR count). The monoisotopic (exact) mass is 428 g/mol. The van der Waals surface area contributed by atoms with E-state index in [4.69, 9.17) is 4.74 Å². The van der Waals surface area contributed by atoms with Gasteiger partial charge in [0.1, 0.15) is 11.4 Å². The normalized spacial score (nSPS) is 17.6. The fourth-order valence-corrected chi connectivity index (χ4v) is 4.55. The van der Waals surface area contributed by atoms with Crippen LogP contribution in [-0.2, 0) is 12.1 Å². The fraction of sp³-hybridized carbons (Fsp3) is 0.321. The van der Waals surface area contributed by atoms with Crippen molar-refractivity contribution >= 4 is 11.6 Å². The molecule has 1 unspecified atom stereocenters. The molecule has 1 aliphatic rings. The molecular weight excluding hydrogens is 396 g/mol. The van der Waals surface area contributed by atoms with Crippen molar-refractivity contribution in [2.75, 3.05) is 18.5 Å². The molecule has 1 heterocycles. The van der Waals surface area contributed by atoms with Gasteiger partial charge >= 0.3 is 0 Å². The van der Waals surface area contributed by atoms with Gasteiger partial charge in [0, 0.05) is 12.2 Å². The second kappa shape index (κ2) is 9.90. The Bertz CT molecular complexity index is 1030. The number of anilines is 1. The largest absolute Gasteiger partial charge is 0.494 e. The van der Waals surface area contributed by atoms with Crippen LogP contribution in [0.5, 0.6) is 5.75 Å². The number of hydrogen-bond donors (Lipinski definition) is 1. The topological polar surface area (TPSA) is 41.6 Å². The summed E-state index contributed by atoms with van der Waals surface area (Å²) in [4.78, 5) is 15.4. The van der Waals surface area contributed by atoms with E-state index in [0.29, 0.717) is 13.2 Å². The number of benzene rings is 3. The molecule has 1 aliphatic heterocycles. The SMILES string of the molecule is CCCN1C(=O)c2ccccc2NC1(CC)c1ccc(OCCCc2ccccc2)cc1. The van der Waals surface area contributed by atoms with E-state index in [1.54, 1.807) is 0 Å². The first kappa shape index (κ1) is 21.9. The first-order valence-electron chi connectivity index (χ1n) is 11.6. The number of rotatable bonds is 9. The highest BCUT2D eigenvalue weighted by Gasteiger charge is 2.44. The minimum absolute atomic E-state index is 0.0873. The van der Waals surface area contributed by atoms with Gasteiger partial charge in [-0.25, -0.2) is 0 Å². The number of aryl methyl sites for hydroxylation is 1. The molecule has 0 spiro atoms. The quantitative estimate of drug-likeness (QED) is 0.410. The van der Waals surface area contributed by atoms with Gasteiger partial charge in [-0.3, -0.25) is 4.79 Å². The maximum absolute atomic E-state index is 13.4. The van der Waals surface area contributed by atoms with Gasteiger partial charge in [0.25, 0.3) is 5.91 Å². The molecule has 0 bridgehead atoms. The zero-order chi connectivity index (χ0) is 22.4. The average Bonchev–Trinajstić information content (AvgIpc) is 2.85. The second-order valence-electron chi connectivity index (χ2n) is 8.30. The van der Waals surface area contributed by atoms with Crippen LogP contribution in [0, 0.1) is 0 Å². The maximum atomic E-state index is 13.4. The van der Waals surface area contributed by atoms with Gasteiger partial charge in [-0.1, -0.05) is 68.4 Å². The van der Waals surface area contributed by atoms with E-state index in [2.05, 4.69) is 55.6 Å². The van der Waals surface area contributed by atoms with Crippen molar-refractivity contribution in [3.05, 3.63) is 95.6 Å². The van der Waals surface area contributed by atoms with Crippen LogP contribution < -0.4 is 10.1 Å². The van der Waals surface area contributed by atoms with Crippen LogP contribution in [0.1, 0.15) is 54.6 Å². The van der Waals surface area contributed by atoms with Crippen molar-refractivity contribution in [2.45, 2.75) is 45.2 Å². The van der Waals surface area contributed by atoms with Crippen LogP contribution in [0.3, 0.4) is 0 Å². The van der Waals surface area contributed by atoms with E-state index in [-0.39, 0.29) is 5.91 Å². The number of para-hydroxylation sites is 1. The number of nitrogens with one attached hydrogen (secondary N) is 1. The highest BCUT2D eigenvalue weighted by Crippen LogP contribution is 2.40. The fourth-order valence-electron chi connectivity index (χ4n) is 4.55. The summed E-state index contributed by atoms with van der Waals surface area (Å²) in [5.74, 6) is 0.946. The van der Waals surface area contributed by atoms with Crippen LogP contribution in [0.15, 0.2) is 78.9 Å². The number of carbonyl (C=O) groups excluding carboxylic acids is 1. The number of ether oxygens (including phenoxy) is 1. The average molecular weight is 429 g/mol. The summed E-state index contributed by atoms with van der Waals surface area (Å²) in [5.41, 5.74) is 3.48. The van der Waals surface area contributed by atoms with Crippen molar-refractivity contribution in [1.82, 2.24) is 4.90 Å². The number of amides is 1. The van der Waals surface area contributed by atoms with Gasteiger partial charge in [-0.2, -0.15) is 0 Å². The van der Waals surface area contributed by atoms with Gasteiger partial charge in [-0.05, 0) is 61.1 Å². The van der Waals surface area contributed by atoms with Crippen LogP contribution in [-0.4, -0.2) is 24.0 Å². The standard InChI is InChI=1S/C28H32N2O2/c1-3-20-30-27(31)25-14-8-9-15-26(25)29-28(30,4-2)23-16-18-24(19-17-23)32-21-10-13-22-11-6-5-7-12-22/h5-9,11-12,14-19,29H,3-4,10,13,20-21H2,1-2H3. The van der Waals surface area contributed by atoms with Crippen LogP contribution in [0.2, 0.25) is 0 Å². The molecule has 0 aliphatic carbocycles. The molecule has 3 aromatic carbocycles. The molecule has 3 aromatic rings. The molecule has 1 atom stereocenters. The van der Waals surface area contributed by atoms with E-state index in [1.165, 1.54) is 5.56 Å². The minimum Gasteiger partial charge on any atom is -0.494 e. The van der Waals surface area contributed by atoms with Crippen LogP contribution in [0.4, 0.5) is 5.69 Å². The lowest BCUT2D eigenvalue weighted by atomic mass is 9.89. The Balaban J connectivity index is 1.50. The van der Waals surface area contributed by atoms with Crippen molar-refractivity contribution < 1.29 is 9.53 Å². The van der Waals surface area contributed by atoms with E-state index in [0.717, 1.165) is 48.2 Å². The summed E-state index contributed by atoms with van der Waals surface area (Å²) in [6.07, 6.45) is 3.65. The summed E-state index contributed by atoms with van der Waals surface area (Å²) in [5, 5.41) is 3.70. The Kier molecular flexibility index (Phi) is 6.79. The Hall–Kier alpha value is -3.27. The predicted molar refractivity (Wildman–Crippen MR) is 130 cm³/mol. The summed E-state index contributed by atoms with van der Waals surface area (Å²) in [6.45, 7) is 5.62. The molecule has 0 radical (unpaired) electrons. The lowest BCUT2D eigenvalue weighted by molar-refractivity contribution is 0.0483. The van der Waals surface area contributed by atoms with Crippen LogP contribution >= 0.6 is 0 Å². The lowest BCUT2D eigenvalue weighted by Gasteiger charge is -2.48. The van der Waals surface area contributed by atoms with E-state index < -0.39 is 5.66 Å². The van der Waals surface area contributed by atoms with E-state index >= 15 is 0 Å². The van der Waals surface area contributed by atoms with E-state index in [1.807, 2.05) is 47.4 Å². The summed E-state index contributed by atoms with van der Waals surface area (Å²) in [7, 11) is 0. The van der Waals surface area contributed by atoms with Gasteiger partial charge in [0.05, 0.1) is 12.2 Å². The molecule has 0 saturated heterocycles. The van der Waals surface area contributed by atoms with Crippen molar-refractivity contribution in [3.63, 3.8) is 0 Å². The molecule has 1 amide bonds. The summed E-state index contributed by atoms with van der Waals surface area (Å²) < 4.78 is 5.99. The van der Waals surface area contributed by atoms with Gasteiger partial charge < -0.3 is 15.0 Å². The van der Waals surface area contributed by atoms with Crippen molar-refractivity contribution in [1.29, 1.82) is 0 Å². The number of carbonyl (C=O) groups is 1. The molecule has 0 fully saturated rings. The molecule has 1 N–H and O–H groups in total. The van der Waals surface area contributed by atoms with Gasteiger partial charge in [-0.15, -0.1) is 0 Å². The van der Waals surface area contributed by atoms with Crippen LogP contribution in [0.25, 0.3) is 0 Å². The molecule has 32 heavy (non-hydrogen) atoms. The first-order chi connectivity index (χ1) is 15.7. The Morgan fingerprint density at radius 1 is 0.906 bits per heavy atom. The summed E-state index contributed by atoms with van der Waals surface area (Å²) in [6, 6.07) is 26.5. The molecular formula is C28H32N2O2. The highest BCUT2D eigenvalue weighted by atomic mass is 16.5. The number of fused-ring (bicyclic) bond motifs is 1. The molecule has 166 valence electrons. The third-order valence-corrected chi connectivity index (χ3v) is 6.22. The summed E-state index contributed by atoms with van der Waals surface area (Å²) >= 11 is 0. The van der Waals surface area contributed by atoms with Gasteiger partial charge in [0.2, 0.25) is 0 Å². The van der Waals surface area contributed by atoms with Gasteiger partial charge in [0.15, 0.2) is 0 Å². The highest BCUT2D eigenvalue weighted by molar-refractivity contribution is 6.02. The minimum atomic E-state index is -0.562. The lowest BCUT2D eigenvalue weighted by Crippen LogP contribution is -2.57. The zero-order valence-corrected chi connectivity index (χ0v) is 19.0. The molecule has 4 nitrogen and oxygen atoms in total. The first-order valence-corrected chi connectivity index (χ1v) is 11.6. The Morgan fingerprint density at radius 3 is 2.34 bits per heavy atom. The van der Waals surface area contributed by atoms with Crippen molar-refractivity contribution in [2.24, 2.45) is 0 Å². The second-order valence-corrected chi connectivity index (χ2v) is 8.30. The van der Waals surface area contributed by atoms with E-state index in [9.17, 15) is 4.79 Å². The maximum Gasteiger partial charge on any atom is 0.258 e. The Morgan fingerprint density at radius 2 is 1.62 bits per heavy atom. The molecule has 0 saturated carbocycles. The molecule has 4 heteroatoms. The predicted octanol–water partition coefficient (Wildman–Crippen LogP) is 6.24. The number of hydrogen-bond acceptors (Lipinski definition) is 3. The van der Waals surface area contributed by atoms with Crippen molar-refractivity contribution in [3.8, 4) is 5.75 Å². The third-order valence-electron chi connectivity index (χ3n) is 6.22. The molecule has 0 aromatic heterocycles. The zero-order valence-electron chi connectivity index (χ0n) is 19.0. The Labute approximate surface area is 191 Å². The smallest absolute Gasteiger partial charge is 0.258 e. The number of nitrogens with zero attached hydrogens (tertiary/aromatic N) is 1. The third kappa shape index (κ3) is 4.36.